The number of halogens is 3. The fourth-order valence-electron chi connectivity index (χ4n) is 4.92. The van der Waals surface area contributed by atoms with E-state index in [1.54, 1.807) is 30.7 Å². The summed E-state index contributed by atoms with van der Waals surface area (Å²) < 4.78 is 43.5. The van der Waals surface area contributed by atoms with Gasteiger partial charge in [0.2, 0.25) is 0 Å². The number of nitriles is 1. The van der Waals surface area contributed by atoms with Crippen LogP contribution in [0.1, 0.15) is 68.0 Å². The number of benzene rings is 2. The Kier molecular flexibility index (Phi) is 12.3. The monoisotopic (exact) mass is 612 g/mol. The number of ketones is 1. The second-order valence-corrected chi connectivity index (χ2v) is 11.4. The molecule has 230 valence electrons. The molecule has 1 unspecified atom stereocenters. The van der Waals surface area contributed by atoms with Gasteiger partial charge in [-0.15, -0.1) is 0 Å². The average molecular weight is 613 g/mol. The van der Waals surface area contributed by atoms with Crippen molar-refractivity contribution in [3.05, 3.63) is 89.0 Å². The summed E-state index contributed by atoms with van der Waals surface area (Å²) in [6, 6.07) is 14.6. The fourth-order valence-corrected chi connectivity index (χ4v) is 5.21. The van der Waals surface area contributed by atoms with E-state index in [4.69, 9.17) is 23.2 Å². The number of thiocarbonyl (C=S) groups is 1. The van der Waals surface area contributed by atoms with Crippen LogP contribution in [0, 0.1) is 23.2 Å². The number of Topliss-reactive ketones (excluding diaryl/α,β-unsaturated/α-hetero) is 1. The van der Waals surface area contributed by atoms with Gasteiger partial charge in [0.1, 0.15) is 5.78 Å². The molecule has 3 rings (SSSR count). The van der Waals surface area contributed by atoms with Gasteiger partial charge in [-0.05, 0) is 60.3 Å². The van der Waals surface area contributed by atoms with Gasteiger partial charge >= 0.3 is 6.18 Å². The lowest BCUT2D eigenvalue weighted by Gasteiger charge is -2.37. The van der Waals surface area contributed by atoms with E-state index in [0.29, 0.717) is 30.8 Å². The maximum absolute atomic E-state index is 13.9. The van der Waals surface area contributed by atoms with E-state index < -0.39 is 23.8 Å². The number of nitrogens with one attached hydrogen (secondary N) is 1. The molecule has 11 heteroatoms. The van der Waals surface area contributed by atoms with Crippen LogP contribution in [0.25, 0.3) is 0 Å². The van der Waals surface area contributed by atoms with Crippen LogP contribution in [0.4, 0.5) is 13.2 Å². The maximum Gasteiger partial charge on any atom is 0.416 e. The van der Waals surface area contributed by atoms with Gasteiger partial charge in [-0.1, -0.05) is 57.5 Å². The van der Waals surface area contributed by atoms with Crippen molar-refractivity contribution in [3.63, 3.8) is 0 Å². The maximum atomic E-state index is 13.9. The average Bonchev–Trinajstić information content (AvgIpc) is 3.40. The summed E-state index contributed by atoms with van der Waals surface area (Å²) in [5, 5.41) is 12.4. The summed E-state index contributed by atoms with van der Waals surface area (Å²) in [4.78, 5) is 19.7. The van der Waals surface area contributed by atoms with Gasteiger partial charge in [-0.25, -0.2) is 4.98 Å². The van der Waals surface area contributed by atoms with E-state index >= 15 is 0 Å². The number of carbonyl (C=O) groups excluding carboxylic acids is 1. The summed E-state index contributed by atoms with van der Waals surface area (Å²) in [6.07, 6.45) is -0.0390. The van der Waals surface area contributed by atoms with Crippen LogP contribution in [0.2, 0.25) is 0 Å². The van der Waals surface area contributed by atoms with Gasteiger partial charge in [0.15, 0.2) is 5.11 Å². The van der Waals surface area contributed by atoms with Gasteiger partial charge in [0.25, 0.3) is 0 Å². The zero-order valence-corrected chi connectivity index (χ0v) is 25.6. The lowest BCUT2D eigenvalue weighted by Crippen LogP contribution is -2.55. The highest BCUT2D eigenvalue weighted by Crippen LogP contribution is 2.33. The molecule has 0 bridgehead atoms. The quantitative estimate of drug-likeness (QED) is 0.130. The van der Waals surface area contributed by atoms with Crippen LogP contribution in [-0.2, 0) is 30.5 Å². The number of hydrogen-bond donors (Lipinski definition) is 2. The molecule has 3 N–H and O–H groups in total. The van der Waals surface area contributed by atoms with Crippen molar-refractivity contribution in [2.45, 2.75) is 71.9 Å². The molecular formula is C32H39F3N6OS. The number of nitrogens with two attached hydrogens (primary N) is 1. The highest BCUT2D eigenvalue weighted by molar-refractivity contribution is 7.80. The van der Waals surface area contributed by atoms with Crippen molar-refractivity contribution in [2.24, 2.45) is 17.6 Å². The Morgan fingerprint density at radius 1 is 1.19 bits per heavy atom. The minimum atomic E-state index is -4.55. The van der Waals surface area contributed by atoms with Crippen molar-refractivity contribution < 1.29 is 18.0 Å². The molecule has 1 heterocycles. The van der Waals surface area contributed by atoms with Gasteiger partial charge < -0.3 is 20.5 Å². The van der Waals surface area contributed by atoms with Crippen LogP contribution in [0.15, 0.2) is 61.1 Å². The summed E-state index contributed by atoms with van der Waals surface area (Å²) in [5.74, 6) is -0.759. The third kappa shape index (κ3) is 9.63. The van der Waals surface area contributed by atoms with Crippen LogP contribution >= 0.6 is 12.2 Å². The van der Waals surface area contributed by atoms with E-state index in [0.717, 1.165) is 24.5 Å². The topological polar surface area (TPSA) is 100.0 Å². The Morgan fingerprint density at radius 2 is 1.88 bits per heavy atom. The fraction of sp³-hybridized carbons (Fsp3) is 0.438. The summed E-state index contributed by atoms with van der Waals surface area (Å²) in [6.45, 7) is 6.77. The zero-order valence-electron chi connectivity index (χ0n) is 24.8. The zero-order chi connectivity index (χ0) is 31.6. The molecule has 0 saturated carbocycles. The molecule has 0 spiro atoms. The molecule has 0 amide bonds. The molecule has 0 aliphatic heterocycles. The molecule has 0 aliphatic carbocycles. The Balaban J connectivity index is 1.89. The predicted octanol–water partition coefficient (Wildman–Crippen LogP) is 6.06. The molecule has 2 atom stereocenters. The third-order valence-electron chi connectivity index (χ3n) is 7.23. The number of nitrogens with zero attached hydrogens (tertiary/aromatic N) is 4. The van der Waals surface area contributed by atoms with E-state index in [9.17, 15) is 18.0 Å². The highest BCUT2D eigenvalue weighted by atomic mass is 32.1. The Bertz CT molecular complexity index is 1400. The molecule has 0 aliphatic rings. The first-order valence-corrected chi connectivity index (χ1v) is 14.8. The number of alkyl halides is 3. The Labute approximate surface area is 256 Å². The first-order valence-electron chi connectivity index (χ1n) is 14.4. The van der Waals surface area contributed by atoms with Crippen LogP contribution < -0.4 is 11.1 Å². The lowest BCUT2D eigenvalue weighted by molar-refractivity contribution is -0.138. The number of carbonyl (C=O) groups is 1. The van der Waals surface area contributed by atoms with Gasteiger partial charge in [0, 0.05) is 37.9 Å². The molecule has 3 aromatic rings. The number of rotatable bonds is 14. The second-order valence-electron chi connectivity index (χ2n) is 11.1. The number of hydrogen-bond acceptors (Lipinski definition) is 5. The van der Waals surface area contributed by atoms with Crippen molar-refractivity contribution in [1.82, 2.24) is 19.8 Å². The minimum Gasteiger partial charge on any atom is -0.363 e. The molecule has 2 aromatic carbocycles. The molecule has 0 saturated heterocycles. The molecule has 0 radical (unpaired) electrons. The standard InChI is InChI=1S/C32H39F3N6OS/c1-4-5-14-39-31(43)41(20-25-8-6-7-9-28(25)32(33,34)35)30(37)27(15-22(2)3)29(42)16-26-18-38-21-40(26)19-24-12-10-23(17-36)11-13-24/h6-13,18,21-22,27,30H,4-5,14-16,19-20,37H2,1-3H3,(H,39,43)/t27-,30?/m1/s1. The smallest absolute Gasteiger partial charge is 0.363 e. The van der Waals surface area contributed by atoms with E-state index in [1.807, 2.05) is 37.5 Å². The number of imidazole rings is 1. The van der Waals surface area contributed by atoms with Gasteiger partial charge in [0.05, 0.1) is 35.6 Å². The van der Waals surface area contributed by atoms with E-state index in [-0.39, 0.29) is 35.3 Å². The van der Waals surface area contributed by atoms with E-state index in [1.165, 1.54) is 17.0 Å². The summed E-state index contributed by atoms with van der Waals surface area (Å²) >= 11 is 5.66. The summed E-state index contributed by atoms with van der Waals surface area (Å²) in [5.41, 5.74) is 8.24. The Morgan fingerprint density at radius 3 is 2.51 bits per heavy atom. The Hall–Kier alpha value is -3.75. The van der Waals surface area contributed by atoms with Gasteiger partial charge in [-0.3, -0.25) is 4.79 Å². The van der Waals surface area contributed by atoms with Crippen LogP contribution in [-0.4, -0.2) is 38.1 Å². The third-order valence-corrected chi connectivity index (χ3v) is 7.61. The molecule has 0 fully saturated rings. The minimum absolute atomic E-state index is 0.0290. The first kappa shape index (κ1) is 33.7. The number of aromatic nitrogens is 2. The first-order chi connectivity index (χ1) is 20.4. The normalized spacial score (nSPS) is 12.9. The largest absolute Gasteiger partial charge is 0.416 e. The molecule has 43 heavy (non-hydrogen) atoms. The van der Waals surface area contributed by atoms with E-state index in [2.05, 4.69) is 16.4 Å². The van der Waals surface area contributed by atoms with Crippen LogP contribution in [0.5, 0.6) is 0 Å². The molecule has 1 aromatic heterocycles. The van der Waals surface area contributed by atoms with Crippen molar-refractivity contribution >= 4 is 23.1 Å². The van der Waals surface area contributed by atoms with Crippen LogP contribution in [0.3, 0.4) is 0 Å². The SMILES string of the molecule is CCCCNC(=S)N(Cc1ccccc1C(F)(F)F)C(N)[C@H](CC(C)C)C(=O)Cc1cncn1Cc1ccc(C#N)cc1. The molecule has 7 nitrogen and oxygen atoms in total. The predicted molar refractivity (Wildman–Crippen MR) is 165 cm³/mol. The molecular weight excluding hydrogens is 573 g/mol. The lowest BCUT2D eigenvalue weighted by atomic mass is 9.88. The second kappa shape index (κ2) is 15.6. The van der Waals surface area contributed by atoms with Gasteiger partial charge in [-0.2, -0.15) is 18.4 Å². The van der Waals surface area contributed by atoms with Crippen molar-refractivity contribution in [3.8, 4) is 6.07 Å². The number of unbranched alkanes of at least 4 members (excludes halogenated alkanes) is 1. The van der Waals surface area contributed by atoms with Crippen molar-refractivity contribution in [1.29, 1.82) is 5.26 Å². The van der Waals surface area contributed by atoms with Crippen molar-refractivity contribution in [2.75, 3.05) is 6.54 Å². The highest BCUT2D eigenvalue weighted by Gasteiger charge is 2.36. The summed E-state index contributed by atoms with van der Waals surface area (Å²) in [7, 11) is 0.